The normalized spacial score (nSPS) is 14.7. The van der Waals surface area contributed by atoms with Crippen molar-refractivity contribution in [2.75, 3.05) is 13.2 Å². The minimum absolute atomic E-state index is 0.0883. The SMILES string of the molecule is O=C(NCCCCO)C(F)(F)C(F)(F)C(F)(F)C(F)(F)C(F)(F)Cl. The molecule has 0 bridgehead atoms. The number of nitrogens with one attached hydrogen (secondary N) is 1. The third-order valence-electron chi connectivity index (χ3n) is 2.69. The first-order valence-electron chi connectivity index (χ1n) is 5.95. The first-order valence-corrected chi connectivity index (χ1v) is 6.33. The fourth-order valence-electron chi connectivity index (χ4n) is 1.26. The van der Waals surface area contributed by atoms with Gasteiger partial charge in [0.2, 0.25) is 0 Å². The quantitative estimate of drug-likeness (QED) is 0.354. The molecular weight excluding hydrogens is 392 g/mol. The van der Waals surface area contributed by atoms with Crippen LogP contribution in [0.15, 0.2) is 0 Å². The second-order valence-electron chi connectivity index (χ2n) is 4.48. The van der Waals surface area contributed by atoms with E-state index >= 15 is 0 Å². The van der Waals surface area contributed by atoms with Gasteiger partial charge in [0.05, 0.1) is 0 Å². The first-order chi connectivity index (χ1) is 10.5. The van der Waals surface area contributed by atoms with Crippen LogP contribution >= 0.6 is 11.6 Å². The number of alkyl halides is 11. The number of aliphatic hydroxyl groups is 1. The van der Waals surface area contributed by atoms with Crippen molar-refractivity contribution < 1.29 is 53.8 Å². The van der Waals surface area contributed by atoms with Gasteiger partial charge in [-0.15, -0.1) is 0 Å². The maximum absolute atomic E-state index is 13.2. The van der Waals surface area contributed by atoms with Crippen molar-refractivity contribution in [2.45, 2.75) is 41.9 Å². The van der Waals surface area contributed by atoms with Crippen LogP contribution < -0.4 is 5.32 Å². The Hall–Kier alpha value is -0.980. The molecule has 0 radical (unpaired) electrons. The molecule has 0 saturated carbocycles. The number of carbonyl (C=O) groups excluding carboxylic acids is 1. The molecule has 0 aromatic heterocycles. The van der Waals surface area contributed by atoms with E-state index in [0.29, 0.717) is 0 Å². The molecule has 14 heteroatoms. The average Bonchev–Trinajstić information content (AvgIpc) is 2.41. The van der Waals surface area contributed by atoms with Crippen molar-refractivity contribution in [3.63, 3.8) is 0 Å². The van der Waals surface area contributed by atoms with E-state index in [0.717, 1.165) is 5.32 Å². The minimum atomic E-state index is -7.36. The summed E-state index contributed by atoms with van der Waals surface area (Å²) in [6, 6.07) is 0. The zero-order valence-corrected chi connectivity index (χ0v) is 12.1. The second kappa shape index (κ2) is 7.10. The molecule has 0 aliphatic carbocycles. The molecule has 0 aliphatic rings. The van der Waals surface area contributed by atoms with Crippen molar-refractivity contribution in [3.8, 4) is 0 Å². The molecule has 0 unspecified atom stereocenters. The van der Waals surface area contributed by atoms with Crippen LogP contribution in [-0.4, -0.2) is 53.2 Å². The molecule has 0 aromatic carbocycles. The summed E-state index contributed by atoms with van der Waals surface area (Å²) in [4.78, 5) is 10.9. The van der Waals surface area contributed by atoms with Crippen LogP contribution in [0, 0.1) is 0 Å². The average molecular weight is 402 g/mol. The van der Waals surface area contributed by atoms with Gasteiger partial charge in [0.15, 0.2) is 0 Å². The summed E-state index contributed by atoms with van der Waals surface area (Å²) < 4.78 is 129. The maximum Gasteiger partial charge on any atom is 0.393 e. The molecule has 0 atom stereocenters. The molecule has 1 amide bonds. The van der Waals surface area contributed by atoms with Gasteiger partial charge >= 0.3 is 29.1 Å². The van der Waals surface area contributed by atoms with E-state index in [-0.39, 0.29) is 12.8 Å². The van der Waals surface area contributed by atoms with Gasteiger partial charge in [-0.2, -0.15) is 43.9 Å². The van der Waals surface area contributed by atoms with Crippen LogP contribution in [-0.2, 0) is 4.79 Å². The number of hydrogen-bond donors (Lipinski definition) is 2. The topological polar surface area (TPSA) is 49.3 Å². The number of aliphatic hydroxyl groups excluding tert-OH is 1. The van der Waals surface area contributed by atoms with Crippen LogP contribution in [0.5, 0.6) is 0 Å². The van der Waals surface area contributed by atoms with Crippen molar-refractivity contribution in [2.24, 2.45) is 0 Å². The molecule has 24 heavy (non-hydrogen) atoms. The van der Waals surface area contributed by atoms with Gasteiger partial charge in [-0.1, -0.05) is 0 Å². The van der Waals surface area contributed by atoms with E-state index in [2.05, 4.69) is 11.6 Å². The highest BCUT2D eigenvalue weighted by Crippen LogP contribution is 2.57. The Morgan fingerprint density at radius 3 is 1.67 bits per heavy atom. The Kier molecular flexibility index (Phi) is 6.81. The van der Waals surface area contributed by atoms with Crippen LogP contribution in [0.25, 0.3) is 0 Å². The number of rotatable bonds is 9. The third-order valence-corrected chi connectivity index (χ3v) is 2.93. The van der Waals surface area contributed by atoms with E-state index in [9.17, 15) is 48.7 Å². The molecule has 2 N–H and O–H groups in total. The van der Waals surface area contributed by atoms with Crippen molar-refractivity contribution >= 4 is 17.5 Å². The van der Waals surface area contributed by atoms with Gasteiger partial charge in [0.1, 0.15) is 0 Å². The number of hydrogen-bond acceptors (Lipinski definition) is 2. The van der Waals surface area contributed by atoms with Gasteiger partial charge in [-0.3, -0.25) is 4.79 Å². The Morgan fingerprint density at radius 1 is 0.833 bits per heavy atom. The summed E-state index contributed by atoms with van der Waals surface area (Å²) >= 11 is 3.60. The predicted octanol–water partition coefficient (Wildman–Crippen LogP) is 3.25. The van der Waals surface area contributed by atoms with Crippen LogP contribution in [0.4, 0.5) is 43.9 Å². The Bertz CT molecular complexity index is 451. The van der Waals surface area contributed by atoms with Crippen LogP contribution in [0.2, 0.25) is 0 Å². The van der Waals surface area contributed by atoms with Crippen molar-refractivity contribution in [1.82, 2.24) is 5.32 Å². The van der Waals surface area contributed by atoms with Crippen molar-refractivity contribution in [3.05, 3.63) is 0 Å². The molecule has 0 fully saturated rings. The molecule has 0 heterocycles. The summed E-state index contributed by atoms with van der Waals surface area (Å²) in [7, 11) is 0. The molecule has 3 nitrogen and oxygen atoms in total. The monoisotopic (exact) mass is 401 g/mol. The summed E-state index contributed by atoms with van der Waals surface area (Å²) in [6.45, 7) is -1.27. The Labute approximate surface area is 132 Å². The van der Waals surface area contributed by atoms with Gasteiger partial charge in [0, 0.05) is 13.2 Å². The lowest BCUT2D eigenvalue weighted by molar-refractivity contribution is -0.382. The molecule has 0 rings (SSSR count). The van der Waals surface area contributed by atoms with E-state index in [1.54, 1.807) is 0 Å². The highest BCUT2D eigenvalue weighted by molar-refractivity contribution is 6.22. The number of amides is 1. The lowest BCUT2D eigenvalue weighted by atomic mass is 9.98. The van der Waals surface area contributed by atoms with E-state index in [4.69, 9.17) is 5.11 Å². The lowest BCUT2D eigenvalue weighted by Crippen LogP contribution is -2.69. The van der Waals surface area contributed by atoms with E-state index in [1.165, 1.54) is 0 Å². The van der Waals surface area contributed by atoms with Gasteiger partial charge in [-0.25, -0.2) is 0 Å². The highest BCUT2D eigenvalue weighted by Gasteiger charge is 2.87. The smallest absolute Gasteiger partial charge is 0.393 e. The fraction of sp³-hybridized carbons (Fsp3) is 0.900. The largest absolute Gasteiger partial charge is 0.396 e. The Balaban J connectivity index is 5.56. The zero-order valence-electron chi connectivity index (χ0n) is 11.3. The zero-order chi connectivity index (χ0) is 19.6. The van der Waals surface area contributed by atoms with Crippen molar-refractivity contribution in [1.29, 1.82) is 0 Å². The fourth-order valence-corrected chi connectivity index (χ4v) is 1.38. The first kappa shape index (κ1) is 23.0. The van der Waals surface area contributed by atoms with E-state index < -0.39 is 48.1 Å². The molecule has 144 valence electrons. The number of unbranched alkanes of at least 4 members (excludes halogenated alkanes) is 1. The predicted molar refractivity (Wildman–Crippen MR) is 59.9 cm³/mol. The summed E-state index contributed by atoms with van der Waals surface area (Å²) in [5, 5.41) is 3.10. The van der Waals surface area contributed by atoms with Crippen LogP contribution in [0.1, 0.15) is 12.8 Å². The number of carbonyl (C=O) groups is 1. The van der Waals surface area contributed by atoms with Gasteiger partial charge < -0.3 is 10.4 Å². The van der Waals surface area contributed by atoms with Crippen LogP contribution in [0.3, 0.4) is 0 Å². The molecule has 0 aliphatic heterocycles. The van der Waals surface area contributed by atoms with Gasteiger partial charge in [0.25, 0.3) is 5.91 Å². The maximum atomic E-state index is 13.2. The Morgan fingerprint density at radius 2 is 1.29 bits per heavy atom. The molecular formula is C10H10ClF10NO2. The van der Waals surface area contributed by atoms with E-state index in [1.807, 2.05) is 0 Å². The molecule has 0 spiro atoms. The number of halogens is 11. The summed E-state index contributed by atoms with van der Waals surface area (Å²) in [5.41, 5.74) is 0. The molecule has 0 aromatic rings. The highest BCUT2D eigenvalue weighted by atomic mass is 35.5. The summed E-state index contributed by atoms with van der Waals surface area (Å²) in [5.74, 6) is -31.2. The lowest BCUT2D eigenvalue weighted by Gasteiger charge is -2.37. The minimum Gasteiger partial charge on any atom is -0.396 e. The summed E-state index contributed by atoms with van der Waals surface area (Å²) in [6.07, 6.45) is -0.328. The van der Waals surface area contributed by atoms with Gasteiger partial charge in [-0.05, 0) is 24.4 Å². The second-order valence-corrected chi connectivity index (χ2v) is 4.96. The standard InChI is InChI=1S/C10H10ClF10NO2/c11-10(20,21)9(18,19)8(16,17)7(14,15)6(12,13)5(24)22-3-1-2-4-23/h23H,1-4H2,(H,22,24). The molecule has 0 saturated heterocycles. The third kappa shape index (κ3) is 3.81.